The molecule has 0 saturated carbocycles. The van der Waals surface area contributed by atoms with Gasteiger partial charge >= 0.3 is 0 Å². The molecule has 23 heavy (non-hydrogen) atoms. The molecule has 0 radical (unpaired) electrons. The van der Waals surface area contributed by atoms with Crippen LogP contribution in [0.25, 0.3) is 0 Å². The van der Waals surface area contributed by atoms with E-state index in [2.05, 4.69) is 11.8 Å². The summed E-state index contributed by atoms with van der Waals surface area (Å²) in [5.74, 6) is 0.111. The Balaban J connectivity index is 1.97. The number of nitrogens with zero attached hydrogens (tertiary/aromatic N) is 2. The van der Waals surface area contributed by atoms with Crippen molar-refractivity contribution in [3.8, 4) is 0 Å². The lowest BCUT2D eigenvalue weighted by atomic mass is 10.1. The molecule has 0 atom stereocenters. The van der Waals surface area contributed by atoms with E-state index in [1.165, 1.54) is 0 Å². The zero-order chi connectivity index (χ0) is 17.0. The van der Waals surface area contributed by atoms with Crippen LogP contribution in [0.4, 0.5) is 0 Å². The molecule has 1 saturated heterocycles. The van der Waals surface area contributed by atoms with Crippen molar-refractivity contribution >= 4 is 15.7 Å². The van der Waals surface area contributed by atoms with Crippen LogP contribution >= 0.6 is 0 Å². The summed E-state index contributed by atoms with van der Waals surface area (Å²) < 4.78 is 24.2. The molecule has 0 aromatic heterocycles. The number of sulfone groups is 1. The standard InChI is InChI=1S/C17H26N2O3S/c1-4-18-9-11-19(12-10-18)17(20)13-15-5-7-16(8-6-15)23(21,22)14(2)3/h5-8,14H,4,9-13H2,1-3H3. The van der Waals surface area contributed by atoms with Crippen LogP contribution in [0.15, 0.2) is 29.2 Å². The topological polar surface area (TPSA) is 57.7 Å². The fourth-order valence-corrected chi connectivity index (χ4v) is 3.73. The monoisotopic (exact) mass is 338 g/mol. The van der Waals surface area contributed by atoms with Gasteiger partial charge in [0.2, 0.25) is 5.91 Å². The van der Waals surface area contributed by atoms with Gasteiger partial charge in [-0.05, 0) is 38.1 Å². The van der Waals surface area contributed by atoms with Crippen LogP contribution in [0, 0.1) is 0 Å². The van der Waals surface area contributed by atoms with Gasteiger partial charge in [-0.2, -0.15) is 0 Å². The molecule has 1 fully saturated rings. The second-order valence-corrected chi connectivity index (χ2v) is 8.73. The molecule has 1 heterocycles. The van der Waals surface area contributed by atoms with E-state index in [4.69, 9.17) is 0 Å². The minimum absolute atomic E-state index is 0.111. The summed E-state index contributed by atoms with van der Waals surface area (Å²) >= 11 is 0. The second kappa shape index (κ2) is 7.45. The number of rotatable bonds is 5. The molecule has 6 heteroatoms. The molecule has 5 nitrogen and oxygen atoms in total. The van der Waals surface area contributed by atoms with E-state index in [1.807, 2.05) is 4.90 Å². The van der Waals surface area contributed by atoms with Crippen molar-refractivity contribution in [3.05, 3.63) is 29.8 Å². The lowest BCUT2D eigenvalue weighted by Crippen LogP contribution is -2.48. The molecule has 0 N–H and O–H groups in total. The Bertz CT molecular complexity index is 630. The van der Waals surface area contributed by atoms with E-state index in [1.54, 1.807) is 38.1 Å². The third-order valence-corrected chi connectivity index (χ3v) is 6.57. The van der Waals surface area contributed by atoms with Crippen LogP contribution in [0.3, 0.4) is 0 Å². The van der Waals surface area contributed by atoms with Crippen molar-refractivity contribution in [1.29, 1.82) is 0 Å². The number of benzene rings is 1. The molecule has 1 aliphatic rings. The van der Waals surface area contributed by atoms with Crippen LogP contribution < -0.4 is 0 Å². The Morgan fingerprint density at radius 1 is 1.09 bits per heavy atom. The maximum atomic E-state index is 12.3. The first kappa shape index (κ1) is 17.9. The average molecular weight is 338 g/mol. The van der Waals surface area contributed by atoms with Gasteiger partial charge in [-0.1, -0.05) is 19.1 Å². The van der Waals surface area contributed by atoms with Crippen LogP contribution in [-0.4, -0.2) is 62.1 Å². The van der Waals surface area contributed by atoms with E-state index in [-0.39, 0.29) is 5.91 Å². The predicted molar refractivity (Wildman–Crippen MR) is 91.2 cm³/mol. The number of carbonyl (C=O) groups excluding carboxylic acids is 1. The van der Waals surface area contributed by atoms with Crippen LogP contribution in [0.5, 0.6) is 0 Å². The molecule has 1 aromatic carbocycles. The predicted octanol–water partition coefficient (Wildman–Crippen LogP) is 1.58. The Kier molecular flexibility index (Phi) is 5.81. The lowest BCUT2D eigenvalue weighted by Gasteiger charge is -2.34. The Morgan fingerprint density at radius 3 is 2.13 bits per heavy atom. The Hall–Kier alpha value is -1.40. The van der Waals surface area contributed by atoms with Gasteiger partial charge in [-0.15, -0.1) is 0 Å². The van der Waals surface area contributed by atoms with Crippen LogP contribution in [0.1, 0.15) is 26.3 Å². The second-order valence-electron chi connectivity index (χ2n) is 6.23. The molecule has 0 bridgehead atoms. The first-order valence-corrected chi connectivity index (χ1v) is 9.72. The number of piperazine rings is 1. The SMILES string of the molecule is CCN1CCN(C(=O)Cc2ccc(S(=O)(=O)C(C)C)cc2)CC1. The first-order valence-electron chi connectivity index (χ1n) is 8.17. The molecule has 0 spiro atoms. The average Bonchev–Trinajstić information content (AvgIpc) is 2.55. The van der Waals surface area contributed by atoms with E-state index in [9.17, 15) is 13.2 Å². The zero-order valence-corrected chi connectivity index (χ0v) is 15.0. The van der Waals surface area contributed by atoms with Crippen molar-refractivity contribution in [2.24, 2.45) is 0 Å². The molecule has 1 aromatic rings. The summed E-state index contributed by atoms with van der Waals surface area (Å²) in [7, 11) is -3.25. The highest BCUT2D eigenvalue weighted by Gasteiger charge is 2.21. The summed E-state index contributed by atoms with van der Waals surface area (Å²) in [4.78, 5) is 16.9. The smallest absolute Gasteiger partial charge is 0.227 e. The Morgan fingerprint density at radius 2 is 1.65 bits per heavy atom. The largest absolute Gasteiger partial charge is 0.340 e. The van der Waals surface area contributed by atoms with Gasteiger partial charge in [0.25, 0.3) is 0 Å². The van der Waals surface area contributed by atoms with Gasteiger partial charge in [0.15, 0.2) is 9.84 Å². The van der Waals surface area contributed by atoms with Crippen LogP contribution in [-0.2, 0) is 21.1 Å². The van der Waals surface area contributed by atoms with Crippen LogP contribution in [0.2, 0.25) is 0 Å². The van der Waals surface area contributed by atoms with E-state index < -0.39 is 15.1 Å². The normalized spacial score (nSPS) is 16.8. The fraction of sp³-hybridized carbons (Fsp3) is 0.588. The van der Waals surface area contributed by atoms with Gasteiger partial charge in [0.1, 0.15) is 0 Å². The highest BCUT2D eigenvalue weighted by molar-refractivity contribution is 7.92. The molecule has 2 rings (SSSR count). The Labute approximate surface area is 139 Å². The number of hydrogen-bond donors (Lipinski definition) is 0. The quantitative estimate of drug-likeness (QED) is 0.818. The van der Waals surface area contributed by atoms with Gasteiger partial charge in [-0.3, -0.25) is 4.79 Å². The molecular formula is C17H26N2O3S. The molecule has 0 aliphatic carbocycles. The summed E-state index contributed by atoms with van der Waals surface area (Å²) in [6, 6.07) is 6.70. The van der Waals surface area contributed by atoms with Crippen molar-refractivity contribution in [2.75, 3.05) is 32.7 Å². The highest BCUT2D eigenvalue weighted by Crippen LogP contribution is 2.17. The fourth-order valence-electron chi connectivity index (χ4n) is 2.67. The van der Waals surface area contributed by atoms with Crippen molar-refractivity contribution in [1.82, 2.24) is 9.80 Å². The molecule has 1 amide bonds. The van der Waals surface area contributed by atoms with Gasteiger partial charge in [-0.25, -0.2) is 8.42 Å². The van der Waals surface area contributed by atoms with E-state index >= 15 is 0 Å². The van der Waals surface area contributed by atoms with E-state index in [0.717, 1.165) is 38.3 Å². The van der Waals surface area contributed by atoms with E-state index in [0.29, 0.717) is 11.3 Å². The summed E-state index contributed by atoms with van der Waals surface area (Å²) in [6.45, 7) is 9.88. The maximum Gasteiger partial charge on any atom is 0.227 e. The summed E-state index contributed by atoms with van der Waals surface area (Å²) in [6.07, 6.45) is 0.328. The lowest BCUT2D eigenvalue weighted by molar-refractivity contribution is -0.132. The summed E-state index contributed by atoms with van der Waals surface area (Å²) in [5, 5.41) is -0.440. The minimum atomic E-state index is -3.25. The number of likely N-dealkylation sites (N-methyl/N-ethyl adjacent to an activating group) is 1. The van der Waals surface area contributed by atoms with Gasteiger partial charge in [0, 0.05) is 26.2 Å². The first-order chi connectivity index (χ1) is 10.8. The third kappa shape index (κ3) is 4.32. The maximum absolute atomic E-state index is 12.3. The highest BCUT2D eigenvalue weighted by atomic mass is 32.2. The van der Waals surface area contributed by atoms with Gasteiger partial charge in [0.05, 0.1) is 16.6 Å². The molecular weight excluding hydrogens is 312 g/mol. The number of amides is 1. The molecule has 0 unspecified atom stereocenters. The zero-order valence-electron chi connectivity index (χ0n) is 14.2. The third-order valence-electron chi connectivity index (χ3n) is 4.40. The number of carbonyl (C=O) groups is 1. The summed E-state index contributed by atoms with van der Waals surface area (Å²) in [5.41, 5.74) is 0.857. The van der Waals surface area contributed by atoms with Gasteiger partial charge < -0.3 is 9.80 Å². The molecule has 1 aliphatic heterocycles. The van der Waals surface area contributed by atoms with Crippen molar-refractivity contribution in [2.45, 2.75) is 37.3 Å². The van der Waals surface area contributed by atoms with Crippen molar-refractivity contribution < 1.29 is 13.2 Å². The number of hydrogen-bond acceptors (Lipinski definition) is 4. The van der Waals surface area contributed by atoms with Crippen molar-refractivity contribution in [3.63, 3.8) is 0 Å². The molecule has 128 valence electrons. The minimum Gasteiger partial charge on any atom is -0.340 e.